The smallest absolute Gasteiger partial charge is 0.244 e. The van der Waals surface area contributed by atoms with Crippen molar-refractivity contribution >= 4 is 15.8 Å². The molecule has 7 nitrogen and oxygen atoms in total. The van der Waals surface area contributed by atoms with Gasteiger partial charge < -0.3 is 14.8 Å². The predicted octanol–water partition coefficient (Wildman–Crippen LogP) is 0.797. The van der Waals surface area contributed by atoms with E-state index >= 15 is 0 Å². The second-order valence-corrected chi connectivity index (χ2v) is 6.31. The van der Waals surface area contributed by atoms with Crippen molar-refractivity contribution in [3.63, 3.8) is 0 Å². The summed E-state index contributed by atoms with van der Waals surface area (Å²) in [5, 5.41) is 2.85. The average molecular weight is 317 g/mol. The molecule has 0 aromatic carbocycles. The van der Waals surface area contributed by atoms with Gasteiger partial charge in [0.2, 0.25) is 10.0 Å². The lowest BCUT2D eigenvalue weighted by molar-refractivity contribution is 0.164. The standard InChI is InChI=1S/C13H23N3O4S/c1-14-13-6-5-12(11-15-13)21(17,18)16(8-10-20-3)7-4-9-19-2/h5-6,11H,4,7-10H2,1-3H3,(H,14,15). The number of nitrogens with one attached hydrogen (secondary N) is 1. The van der Waals surface area contributed by atoms with Crippen molar-refractivity contribution in [2.75, 3.05) is 52.9 Å². The zero-order chi connectivity index (χ0) is 15.7. The van der Waals surface area contributed by atoms with Crippen molar-refractivity contribution in [1.82, 2.24) is 9.29 Å². The fourth-order valence-electron chi connectivity index (χ4n) is 1.76. The fourth-order valence-corrected chi connectivity index (χ4v) is 3.17. The lowest BCUT2D eigenvalue weighted by Gasteiger charge is -2.21. The number of hydrogen-bond donors (Lipinski definition) is 1. The summed E-state index contributed by atoms with van der Waals surface area (Å²) < 4.78 is 36.6. The second kappa shape index (κ2) is 8.93. The topological polar surface area (TPSA) is 80.8 Å². The van der Waals surface area contributed by atoms with Gasteiger partial charge in [-0.25, -0.2) is 13.4 Å². The van der Waals surface area contributed by atoms with Crippen LogP contribution in [0.1, 0.15) is 6.42 Å². The van der Waals surface area contributed by atoms with Crippen molar-refractivity contribution in [2.24, 2.45) is 0 Å². The predicted molar refractivity (Wildman–Crippen MR) is 80.9 cm³/mol. The van der Waals surface area contributed by atoms with Crippen LogP contribution in [0.15, 0.2) is 23.2 Å². The van der Waals surface area contributed by atoms with Crippen molar-refractivity contribution in [3.05, 3.63) is 18.3 Å². The molecule has 0 radical (unpaired) electrons. The molecule has 1 N–H and O–H groups in total. The zero-order valence-electron chi connectivity index (χ0n) is 12.7. The molecule has 1 aromatic heterocycles. The maximum atomic E-state index is 12.6. The molecular formula is C13H23N3O4S. The number of pyridine rings is 1. The van der Waals surface area contributed by atoms with Crippen LogP contribution in [0.2, 0.25) is 0 Å². The van der Waals surface area contributed by atoms with E-state index in [0.29, 0.717) is 38.5 Å². The molecule has 0 bridgehead atoms. The van der Waals surface area contributed by atoms with Gasteiger partial charge in [-0.1, -0.05) is 0 Å². The van der Waals surface area contributed by atoms with E-state index in [2.05, 4.69) is 10.3 Å². The minimum atomic E-state index is -3.57. The molecule has 0 aliphatic heterocycles. The summed E-state index contributed by atoms with van der Waals surface area (Å²) >= 11 is 0. The normalized spacial score (nSPS) is 11.8. The third kappa shape index (κ3) is 5.24. The lowest BCUT2D eigenvalue weighted by Crippen LogP contribution is -2.35. The minimum Gasteiger partial charge on any atom is -0.385 e. The van der Waals surface area contributed by atoms with E-state index in [1.54, 1.807) is 33.4 Å². The fraction of sp³-hybridized carbons (Fsp3) is 0.615. The van der Waals surface area contributed by atoms with Crippen molar-refractivity contribution in [3.8, 4) is 0 Å². The number of rotatable bonds is 10. The van der Waals surface area contributed by atoms with Gasteiger partial charge in [-0.15, -0.1) is 0 Å². The van der Waals surface area contributed by atoms with Gasteiger partial charge in [-0.3, -0.25) is 0 Å². The van der Waals surface area contributed by atoms with Crippen LogP contribution in [0.3, 0.4) is 0 Å². The third-order valence-corrected chi connectivity index (χ3v) is 4.81. The van der Waals surface area contributed by atoms with E-state index in [0.717, 1.165) is 0 Å². The minimum absolute atomic E-state index is 0.176. The Hall–Kier alpha value is -1.22. The molecule has 0 atom stereocenters. The van der Waals surface area contributed by atoms with Gasteiger partial charge in [-0.05, 0) is 18.6 Å². The number of hydrogen-bond acceptors (Lipinski definition) is 6. The summed E-state index contributed by atoms with van der Waals surface area (Å²) in [7, 11) is 1.29. The number of methoxy groups -OCH3 is 2. The highest BCUT2D eigenvalue weighted by atomic mass is 32.2. The Morgan fingerprint density at radius 1 is 1.19 bits per heavy atom. The van der Waals surface area contributed by atoms with Gasteiger partial charge in [0.1, 0.15) is 10.7 Å². The van der Waals surface area contributed by atoms with Crippen LogP contribution >= 0.6 is 0 Å². The highest BCUT2D eigenvalue weighted by Crippen LogP contribution is 2.16. The largest absolute Gasteiger partial charge is 0.385 e. The van der Waals surface area contributed by atoms with Gasteiger partial charge in [0.25, 0.3) is 0 Å². The molecule has 1 rings (SSSR count). The van der Waals surface area contributed by atoms with Crippen LogP contribution in [0.5, 0.6) is 0 Å². The molecule has 0 aliphatic carbocycles. The molecular weight excluding hydrogens is 294 g/mol. The first-order valence-electron chi connectivity index (χ1n) is 6.68. The van der Waals surface area contributed by atoms with E-state index in [4.69, 9.17) is 9.47 Å². The lowest BCUT2D eigenvalue weighted by atomic mass is 10.4. The number of sulfonamides is 1. The number of ether oxygens (including phenoxy) is 2. The Kier molecular flexibility index (Phi) is 7.58. The van der Waals surface area contributed by atoms with Crippen LogP contribution in [-0.4, -0.2) is 65.3 Å². The summed E-state index contributed by atoms with van der Waals surface area (Å²) in [6.07, 6.45) is 1.98. The number of anilines is 1. The zero-order valence-corrected chi connectivity index (χ0v) is 13.5. The quantitative estimate of drug-likeness (QED) is 0.643. The monoisotopic (exact) mass is 317 g/mol. The Labute approximate surface area is 126 Å². The maximum absolute atomic E-state index is 12.6. The summed E-state index contributed by atoms with van der Waals surface area (Å²) in [6.45, 7) is 1.54. The van der Waals surface area contributed by atoms with Gasteiger partial charge in [0.05, 0.1) is 6.61 Å². The average Bonchev–Trinajstić information content (AvgIpc) is 2.50. The van der Waals surface area contributed by atoms with E-state index < -0.39 is 10.0 Å². The molecule has 1 aromatic rings. The van der Waals surface area contributed by atoms with Gasteiger partial charge in [-0.2, -0.15) is 4.31 Å². The van der Waals surface area contributed by atoms with Crippen molar-refractivity contribution < 1.29 is 17.9 Å². The molecule has 120 valence electrons. The first kappa shape index (κ1) is 17.8. The van der Waals surface area contributed by atoms with Gasteiger partial charge in [0, 0.05) is 47.2 Å². The van der Waals surface area contributed by atoms with Crippen molar-refractivity contribution in [1.29, 1.82) is 0 Å². The summed E-state index contributed by atoms with van der Waals surface area (Å²) in [6, 6.07) is 3.18. The van der Waals surface area contributed by atoms with Gasteiger partial charge >= 0.3 is 0 Å². The molecule has 8 heteroatoms. The van der Waals surface area contributed by atoms with Crippen LogP contribution in [0.4, 0.5) is 5.82 Å². The van der Waals surface area contributed by atoms with E-state index in [9.17, 15) is 8.42 Å². The summed E-state index contributed by atoms with van der Waals surface area (Å²) in [5.41, 5.74) is 0. The van der Waals surface area contributed by atoms with Crippen LogP contribution in [-0.2, 0) is 19.5 Å². The second-order valence-electron chi connectivity index (χ2n) is 4.37. The van der Waals surface area contributed by atoms with E-state index in [1.165, 1.54) is 10.5 Å². The Morgan fingerprint density at radius 3 is 2.43 bits per heavy atom. The molecule has 0 aliphatic rings. The molecule has 0 spiro atoms. The molecule has 0 saturated heterocycles. The molecule has 0 fully saturated rings. The Bertz CT molecular complexity index is 505. The van der Waals surface area contributed by atoms with Crippen molar-refractivity contribution in [2.45, 2.75) is 11.3 Å². The molecule has 0 amide bonds. The summed E-state index contributed by atoms with van der Waals surface area (Å²) in [5.74, 6) is 0.622. The highest BCUT2D eigenvalue weighted by molar-refractivity contribution is 7.89. The van der Waals surface area contributed by atoms with Gasteiger partial charge in [0.15, 0.2) is 0 Å². The first-order chi connectivity index (χ1) is 10.1. The molecule has 0 unspecified atom stereocenters. The Balaban J connectivity index is 2.89. The maximum Gasteiger partial charge on any atom is 0.244 e. The molecule has 21 heavy (non-hydrogen) atoms. The summed E-state index contributed by atoms with van der Waals surface area (Å²) in [4.78, 5) is 4.23. The molecule has 0 saturated carbocycles. The van der Waals surface area contributed by atoms with Crippen LogP contribution in [0.25, 0.3) is 0 Å². The van der Waals surface area contributed by atoms with Crippen LogP contribution < -0.4 is 5.32 Å². The Morgan fingerprint density at radius 2 is 1.90 bits per heavy atom. The highest BCUT2D eigenvalue weighted by Gasteiger charge is 2.24. The van der Waals surface area contributed by atoms with E-state index in [1.807, 2.05) is 0 Å². The number of aromatic nitrogens is 1. The number of nitrogens with zero attached hydrogens (tertiary/aromatic N) is 2. The SMILES string of the molecule is CNc1ccc(S(=O)(=O)N(CCCOC)CCOC)cn1. The third-order valence-electron chi connectivity index (χ3n) is 2.93. The molecule has 1 heterocycles. The van der Waals surface area contributed by atoms with Crippen LogP contribution in [0, 0.1) is 0 Å². The first-order valence-corrected chi connectivity index (χ1v) is 8.12. The van der Waals surface area contributed by atoms with E-state index in [-0.39, 0.29) is 4.90 Å².